The van der Waals surface area contributed by atoms with Gasteiger partial charge in [0.2, 0.25) is 0 Å². The number of pyridine rings is 1. The Bertz CT molecular complexity index is 1070. The molecule has 1 amide bonds. The molecule has 3 aromatic rings. The molecule has 0 bridgehead atoms. The molecule has 0 spiro atoms. The Morgan fingerprint density at radius 2 is 2.23 bits per heavy atom. The van der Waals surface area contributed by atoms with Crippen molar-refractivity contribution in [3.63, 3.8) is 0 Å². The fraction of sp³-hybridized carbons (Fsp3) is 0.476. The maximum absolute atomic E-state index is 12.1. The van der Waals surface area contributed by atoms with Gasteiger partial charge in [0.25, 0.3) is 5.89 Å². The maximum Gasteiger partial charge on any atom is 0.410 e. The molecule has 0 radical (unpaired) electrons. The highest BCUT2D eigenvalue weighted by Gasteiger charge is 2.26. The zero-order chi connectivity index (χ0) is 21.1. The van der Waals surface area contributed by atoms with Crippen molar-refractivity contribution in [2.24, 2.45) is 5.92 Å². The molecule has 4 rings (SSSR count). The normalized spacial score (nSPS) is 15.8. The quantitative estimate of drug-likeness (QED) is 0.622. The van der Waals surface area contributed by atoms with Crippen molar-refractivity contribution in [1.29, 1.82) is 5.26 Å². The molecule has 1 aliphatic rings. The van der Waals surface area contributed by atoms with Crippen LogP contribution < -0.4 is 0 Å². The molecule has 0 saturated carbocycles. The highest BCUT2D eigenvalue weighted by Crippen LogP contribution is 2.29. The van der Waals surface area contributed by atoms with Crippen LogP contribution in [0.25, 0.3) is 22.6 Å². The van der Waals surface area contributed by atoms with Gasteiger partial charge in [-0.05, 0) is 38.2 Å². The molecule has 1 atom stereocenters. The van der Waals surface area contributed by atoms with E-state index in [-0.39, 0.29) is 18.1 Å². The van der Waals surface area contributed by atoms with Crippen molar-refractivity contribution in [3.05, 3.63) is 29.8 Å². The van der Waals surface area contributed by atoms with Gasteiger partial charge in [0.05, 0.1) is 5.39 Å². The molecule has 0 aromatic carbocycles. The fourth-order valence-electron chi connectivity index (χ4n) is 3.50. The number of fused-ring (bicyclic) bond motifs is 1. The zero-order valence-electron chi connectivity index (χ0n) is 17.0. The standard InChI is InChI=1S/C21H23N5O4/c1-3-13(2)28-21(27)26-8-5-14(6-9-26)10-19-24-20(30-25-19)18-11-15-16(12-22)23-7-4-17(15)29-18/h4,7,11,13-14H,3,5-6,8-10H2,1-2H3/t13-/m1/s1. The summed E-state index contributed by atoms with van der Waals surface area (Å²) in [6.07, 6.45) is 4.43. The Morgan fingerprint density at radius 3 is 2.97 bits per heavy atom. The minimum atomic E-state index is -0.235. The molecular formula is C21H23N5O4. The number of carbonyl (C=O) groups excluding carboxylic acids is 1. The topological polar surface area (TPSA) is 118 Å². The van der Waals surface area contributed by atoms with Crippen LogP contribution in [0.1, 0.15) is 44.6 Å². The largest absolute Gasteiger partial charge is 0.451 e. The number of furan rings is 1. The monoisotopic (exact) mass is 409 g/mol. The molecule has 156 valence electrons. The summed E-state index contributed by atoms with van der Waals surface area (Å²) in [6.45, 7) is 5.22. The molecule has 0 aliphatic carbocycles. The number of nitriles is 1. The molecule has 4 heterocycles. The maximum atomic E-state index is 12.1. The Kier molecular flexibility index (Phi) is 5.65. The second-order valence-electron chi connectivity index (χ2n) is 7.55. The molecule has 1 saturated heterocycles. The van der Waals surface area contributed by atoms with Gasteiger partial charge in [0.15, 0.2) is 17.3 Å². The lowest BCUT2D eigenvalue weighted by molar-refractivity contribution is 0.0579. The van der Waals surface area contributed by atoms with Gasteiger partial charge in [-0.2, -0.15) is 10.2 Å². The minimum Gasteiger partial charge on any atom is -0.451 e. The van der Waals surface area contributed by atoms with Crippen LogP contribution in [0.2, 0.25) is 0 Å². The number of likely N-dealkylation sites (tertiary alicyclic amines) is 1. The van der Waals surface area contributed by atoms with Crippen LogP contribution in [0, 0.1) is 17.2 Å². The van der Waals surface area contributed by atoms with E-state index in [1.165, 1.54) is 6.20 Å². The molecular weight excluding hydrogens is 386 g/mol. The van der Waals surface area contributed by atoms with Crippen LogP contribution in [0.5, 0.6) is 0 Å². The van der Waals surface area contributed by atoms with Crippen LogP contribution in [0.4, 0.5) is 4.79 Å². The number of carbonyl (C=O) groups is 1. The van der Waals surface area contributed by atoms with Gasteiger partial charge in [0.1, 0.15) is 17.8 Å². The van der Waals surface area contributed by atoms with E-state index in [1.54, 1.807) is 17.0 Å². The van der Waals surface area contributed by atoms with Gasteiger partial charge in [-0.25, -0.2) is 9.78 Å². The van der Waals surface area contributed by atoms with Crippen LogP contribution in [-0.2, 0) is 11.2 Å². The second kappa shape index (κ2) is 8.53. The summed E-state index contributed by atoms with van der Waals surface area (Å²) >= 11 is 0. The smallest absolute Gasteiger partial charge is 0.410 e. The number of amides is 1. The van der Waals surface area contributed by atoms with Crippen LogP contribution in [0.15, 0.2) is 27.3 Å². The Labute approximate surface area is 173 Å². The van der Waals surface area contributed by atoms with Crippen LogP contribution >= 0.6 is 0 Å². The third-order valence-corrected chi connectivity index (χ3v) is 5.45. The third-order valence-electron chi connectivity index (χ3n) is 5.45. The molecule has 3 aromatic heterocycles. The van der Waals surface area contributed by atoms with E-state index in [9.17, 15) is 10.1 Å². The Hall–Kier alpha value is -3.41. The summed E-state index contributed by atoms with van der Waals surface area (Å²) in [7, 11) is 0. The van der Waals surface area contributed by atoms with E-state index in [4.69, 9.17) is 13.7 Å². The predicted octanol–water partition coefficient (Wildman–Crippen LogP) is 3.94. The Balaban J connectivity index is 1.37. The SMILES string of the molecule is CC[C@@H](C)OC(=O)N1CCC(Cc2noc(-c3cc4c(C#N)nccc4o3)n2)CC1. The van der Waals surface area contributed by atoms with E-state index in [2.05, 4.69) is 15.1 Å². The number of hydrogen-bond donors (Lipinski definition) is 0. The van der Waals surface area contributed by atoms with E-state index < -0.39 is 0 Å². The molecule has 1 aliphatic heterocycles. The first-order chi connectivity index (χ1) is 14.6. The number of piperidine rings is 1. The van der Waals surface area contributed by atoms with Gasteiger partial charge in [-0.1, -0.05) is 12.1 Å². The number of ether oxygens (including phenoxy) is 1. The second-order valence-corrected chi connectivity index (χ2v) is 7.55. The number of aromatic nitrogens is 3. The van der Waals surface area contributed by atoms with Crippen molar-refractivity contribution in [2.75, 3.05) is 13.1 Å². The van der Waals surface area contributed by atoms with Gasteiger partial charge in [0, 0.05) is 31.8 Å². The van der Waals surface area contributed by atoms with Crippen LogP contribution in [0.3, 0.4) is 0 Å². The molecule has 1 fully saturated rings. The molecule has 9 nitrogen and oxygen atoms in total. The first-order valence-corrected chi connectivity index (χ1v) is 10.1. The fourth-order valence-corrected chi connectivity index (χ4v) is 3.50. The summed E-state index contributed by atoms with van der Waals surface area (Å²) < 4.78 is 16.5. The number of hydrogen-bond acceptors (Lipinski definition) is 8. The summed E-state index contributed by atoms with van der Waals surface area (Å²) in [5, 5.41) is 13.9. The first kappa shape index (κ1) is 19.9. The van der Waals surface area contributed by atoms with Gasteiger partial charge in [-0.3, -0.25) is 0 Å². The van der Waals surface area contributed by atoms with Gasteiger partial charge >= 0.3 is 6.09 Å². The van der Waals surface area contributed by atoms with Crippen molar-refractivity contribution < 1.29 is 18.5 Å². The lowest BCUT2D eigenvalue weighted by Gasteiger charge is -2.31. The summed E-state index contributed by atoms with van der Waals surface area (Å²) in [6, 6.07) is 5.43. The van der Waals surface area contributed by atoms with Crippen molar-refractivity contribution >= 4 is 17.1 Å². The summed E-state index contributed by atoms with van der Waals surface area (Å²) in [5.41, 5.74) is 0.841. The summed E-state index contributed by atoms with van der Waals surface area (Å²) in [5.74, 6) is 1.66. The number of nitrogens with zero attached hydrogens (tertiary/aromatic N) is 5. The average molecular weight is 409 g/mol. The van der Waals surface area contributed by atoms with E-state index in [1.807, 2.05) is 19.9 Å². The van der Waals surface area contributed by atoms with E-state index >= 15 is 0 Å². The van der Waals surface area contributed by atoms with Gasteiger partial charge < -0.3 is 18.6 Å². The Morgan fingerprint density at radius 1 is 1.43 bits per heavy atom. The first-order valence-electron chi connectivity index (χ1n) is 10.1. The molecule has 0 N–H and O–H groups in total. The third kappa shape index (κ3) is 4.13. The van der Waals surface area contributed by atoms with Crippen molar-refractivity contribution in [3.8, 4) is 17.7 Å². The zero-order valence-corrected chi connectivity index (χ0v) is 17.0. The van der Waals surface area contributed by atoms with Crippen molar-refractivity contribution in [1.82, 2.24) is 20.0 Å². The van der Waals surface area contributed by atoms with E-state index in [0.717, 1.165) is 19.3 Å². The van der Waals surface area contributed by atoms with E-state index in [0.29, 0.717) is 53.7 Å². The van der Waals surface area contributed by atoms with Crippen LogP contribution in [-0.4, -0.2) is 45.3 Å². The minimum absolute atomic E-state index is 0.0637. The molecule has 30 heavy (non-hydrogen) atoms. The predicted molar refractivity (Wildman–Crippen MR) is 106 cm³/mol. The number of rotatable bonds is 5. The molecule has 9 heteroatoms. The highest BCUT2D eigenvalue weighted by molar-refractivity contribution is 5.85. The lowest BCUT2D eigenvalue weighted by Crippen LogP contribution is -2.40. The molecule has 0 unspecified atom stereocenters. The van der Waals surface area contributed by atoms with Crippen molar-refractivity contribution in [2.45, 2.75) is 45.6 Å². The highest BCUT2D eigenvalue weighted by atomic mass is 16.6. The summed E-state index contributed by atoms with van der Waals surface area (Å²) in [4.78, 5) is 22.4. The van der Waals surface area contributed by atoms with Gasteiger partial charge in [-0.15, -0.1) is 0 Å². The average Bonchev–Trinajstić information content (AvgIpc) is 3.40. The lowest BCUT2D eigenvalue weighted by atomic mass is 9.93.